The van der Waals surface area contributed by atoms with Crippen LogP contribution in [-0.4, -0.2) is 23.8 Å². The molecular formula is C17H26O3. The summed E-state index contributed by atoms with van der Waals surface area (Å²) in [6, 6.07) is 0. The minimum atomic E-state index is -0.778. The van der Waals surface area contributed by atoms with E-state index in [0.29, 0.717) is 6.61 Å². The van der Waals surface area contributed by atoms with Crippen molar-refractivity contribution in [3.05, 3.63) is 36.5 Å². The Hall–Kier alpha value is -1.35. The summed E-state index contributed by atoms with van der Waals surface area (Å²) in [5.74, 6) is -0.778. The molecule has 1 rings (SSSR count). The van der Waals surface area contributed by atoms with Gasteiger partial charge in [0, 0.05) is 6.61 Å². The number of carboxylic acid groups (broad SMARTS) is 1. The van der Waals surface area contributed by atoms with Crippen molar-refractivity contribution in [1.29, 1.82) is 0 Å². The van der Waals surface area contributed by atoms with Crippen LogP contribution in [0.25, 0.3) is 0 Å². The van der Waals surface area contributed by atoms with Crippen LogP contribution in [0.15, 0.2) is 36.5 Å². The summed E-state index contributed by atoms with van der Waals surface area (Å²) in [5.41, 5.74) is 0. The lowest BCUT2D eigenvalue weighted by molar-refractivity contribution is -0.140. The van der Waals surface area contributed by atoms with Gasteiger partial charge in [0.25, 0.3) is 0 Å². The molecule has 3 heteroatoms. The molecule has 0 spiro atoms. The van der Waals surface area contributed by atoms with Gasteiger partial charge in [-0.3, -0.25) is 4.79 Å². The molecule has 1 aliphatic rings. The Kier molecular flexibility index (Phi) is 9.58. The van der Waals surface area contributed by atoms with Gasteiger partial charge in [-0.15, -0.1) is 0 Å². The standard InChI is InChI=1S/C17H26O3/c18-17(19)15-16-13-11-9-7-5-3-1-2-4-6-8-10-12-14-20-16/h1,3-4,6-7,9,16H,2,5,8,10-15H2,(H,18,19). The highest BCUT2D eigenvalue weighted by atomic mass is 16.5. The van der Waals surface area contributed by atoms with E-state index in [1.54, 1.807) is 0 Å². The van der Waals surface area contributed by atoms with Crippen LogP contribution in [0.2, 0.25) is 0 Å². The van der Waals surface area contributed by atoms with Crippen LogP contribution in [0, 0.1) is 0 Å². The molecule has 112 valence electrons. The molecule has 0 saturated carbocycles. The Morgan fingerprint density at radius 1 is 1.00 bits per heavy atom. The van der Waals surface area contributed by atoms with Crippen molar-refractivity contribution in [2.24, 2.45) is 0 Å². The number of hydrogen-bond acceptors (Lipinski definition) is 2. The maximum absolute atomic E-state index is 10.8. The van der Waals surface area contributed by atoms with Gasteiger partial charge in [0.1, 0.15) is 0 Å². The lowest BCUT2D eigenvalue weighted by Gasteiger charge is -2.15. The smallest absolute Gasteiger partial charge is 0.305 e. The average molecular weight is 278 g/mol. The van der Waals surface area contributed by atoms with E-state index in [1.807, 2.05) is 0 Å². The number of carboxylic acids is 1. The number of hydrogen-bond donors (Lipinski definition) is 1. The van der Waals surface area contributed by atoms with Gasteiger partial charge in [-0.2, -0.15) is 0 Å². The van der Waals surface area contributed by atoms with Crippen molar-refractivity contribution in [2.75, 3.05) is 6.61 Å². The van der Waals surface area contributed by atoms with E-state index in [9.17, 15) is 4.79 Å². The third kappa shape index (κ3) is 9.56. The summed E-state index contributed by atoms with van der Waals surface area (Å²) >= 11 is 0. The highest BCUT2D eigenvalue weighted by Crippen LogP contribution is 2.10. The maximum atomic E-state index is 10.8. The molecule has 1 heterocycles. The Bertz CT molecular complexity index is 342. The van der Waals surface area contributed by atoms with Gasteiger partial charge in [-0.1, -0.05) is 36.5 Å². The van der Waals surface area contributed by atoms with Crippen LogP contribution in [0.4, 0.5) is 0 Å². The van der Waals surface area contributed by atoms with Gasteiger partial charge < -0.3 is 9.84 Å². The molecule has 0 aromatic heterocycles. The molecule has 0 aromatic carbocycles. The second-order valence-electron chi connectivity index (χ2n) is 5.05. The number of allylic oxidation sites excluding steroid dienone is 6. The number of carbonyl (C=O) groups is 1. The number of rotatable bonds is 2. The molecule has 1 N–H and O–H groups in total. The van der Waals surface area contributed by atoms with Crippen molar-refractivity contribution >= 4 is 5.97 Å². The first-order valence-corrected chi connectivity index (χ1v) is 7.57. The summed E-state index contributed by atoms with van der Waals surface area (Å²) in [6.07, 6.45) is 19.7. The van der Waals surface area contributed by atoms with E-state index in [2.05, 4.69) is 36.5 Å². The van der Waals surface area contributed by atoms with Crippen LogP contribution in [0.1, 0.15) is 51.4 Å². The largest absolute Gasteiger partial charge is 0.481 e. The summed E-state index contributed by atoms with van der Waals surface area (Å²) in [7, 11) is 0. The van der Waals surface area contributed by atoms with E-state index >= 15 is 0 Å². The van der Waals surface area contributed by atoms with E-state index < -0.39 is 5.97 Å². The van der Waals surface area contributed by atoms with Gasteiger partial charge in [0.15, 0.2) is 0 Å². The quantitative estimate of drug-likeness (QED) is 0.768. The molecule has 3 nitrogen and oxygen atoms in total. The first-order valence-electron chi connectivity index (χ1n) is 7.57. The molecule has 0 amide bonds. The van der Waals surface area contributed by atoms with Crippen LogP contribution >= 0.6 is 0 Å². The Balaban J connectivity index is 2.43. The molecule has 0 radical (unpaired) electrons. The van der Waals surface area contributed by atoms with Crippen molar-refractivity contribution in [1.82, 2.24) is 0 Å². The monoisotopic (exact) mass is 278 g/mol. The fourth-order valence-electron chi connectivity index (χ4n) is 2.11. The lowest BCUT2D eigenvalue weighted by atomic mass is 10.1. The summed E-state index contributed by atoms with van der Waals surface area (Å²) < 4.78 is 5.70. The van der Waals surface area contributed by atoms with E-state index in [0.717, 1.165) is 44.9 Å². The van der Waals surface area contributed by atoms with Crippen molar-refractivity contribution in [3.8, 4) is 0 Å². The van der Waals surface area contributed by atoms with Crippen molar-refractivity contribution < 1.29 is 14.6 Å². The Labute approximate surface area is 122 Å². The highest BCUT2D eigenvalue weighted by molar-refractivity contribution is 5.67. The third-order valence-electron chi connectivity index (χ3n) is 3.22. The van der Waals surface area contributed by atoms with Gasteiger partial charge >= 0.3 is 5.97 Å². The first kappa shape index (κ1) is 16.7. The highest BCUT2D eigenvalue weighted by Gasteiger charge is 2.12. The van der Waals surface area contributed by atoms with Crippen molar-refractivity contribution in [2.45, 2.75) is 57.5 Å². The van der Waals surface area contributed by atoms with Gasteiger partial charge in [0.2, 0.25) is 0 Å². The molecule has 0 saturated heterocycles. The lowest BCUT2D eigenvalue weighted by Crippen LogP contribution is -2.18. The normalized spacial score (nSPS) is 22.7. The Morgan fingerprint density at radius 2 is 1.65 bits per heavy atom. The summed E-state index contributed by atoms with van der Waals surface area (Å²) in [6.45, 7) is 0.662. The Morgan fingerprint density at radius 3 is 2.35 bits per heavy atom. The van der Waals surface area contributed by atoms with Crippen LogP contribution < -0.4 is 0 Å². The summed E-state index contributed by atoms with van der Waals surface area (Å²) in [4.78, 5) is 10.8. The second-order valence-corrected chi connectivity index (χ2v) is 5.05. The molecule has 0 bridgehead atoms. The van der Waals surface area contributed by atoms with Crippen molar-refractivity contribution in [3.63, 3.8) is 0 Å². The van der Waals surface area contributed by atoms with Gasteiger partial charge in [0.05, 0.1) is 12.5 Å². The van der Waals surface area contributed by atoms with Gasteiger partial charge in [-0.05, 0) is 44.9 Å². The minimum Gasteiger partial charge on any atom is -0.481 e. The second kappa shape index (κ2) is 11.5. The minimum absolute atomic E-state index is 0.105. The molecular weight excluding hydrogens is 252 g/mol. The molecule has 0 aliphatic carbocycles. The molecule has 0 fully saturated rings. The zero-order chi connectivity index (χ0) is 14.5. The van der Waals surface area contributed by atoms with Crippen LogP contribution in [0.3, 0.4) is 0 Å². The number of aliphatic carboxylic acids is 1. The SMILES string of the molecule is O=C(O)CC1CCC=CCC=CCC=CCCCCO1. The zero-order valence-corrected chi connectivity index (χ0v) is 12.2. The summed E-state index contributed by atoms with van der Waals surface area (Å²) in [5, 5.41) is 8.89. The van der Waals surface area contributed by atoms with E-state index in [1.165, 1.54) is 0 Å². The molecule has 1 unspecified atom stereocenters. The molecule has 1 atom stereocenters. The predicted octanol–water partition coefficient (Wildman–Crippen LogP) is 4.26. The number of ether oxygens (including phenoxy) is 1. The van der Waals surface area contributed by atoms with E-state index in [4.69, 9.17) is 9.84 Å². The molecule has 20 heavy (non-hydrogen) atoms. The first-order chi connectivity index (χ1) is 9.79. The third-order valence-corrected chi connectivity index (χ3v) is 3.22. The van der Waals surface area contributed by atoms with Gasteiger partial charge in [-0.25, -0.2) is 0 Å². The van der Waals surface area contributed by atoms with E-state index in [-0.39, 0.29) is 12.5 Å². The van der Waals surface area contributed by atoms with Crippen LogP contribution in [0.5, 0.6) is 0 Å². The zero-order valence-electron chi connectivity index (χ0n) is 12.2. The maximum Gasteiger partial charge on any atom is 0.305 e. The average Bonchev–Trinajstić information content (AvgIpc) is 2.40. The molecule has 1 aliphatic heterocycles. The van der Waals surface area contributed by atoms with Crippen LogP contribution in [-0.2, 0) is 9.53 Å². The fourth-order valence-corrected chi connectivity index (χ4v) is 2.11. The predicted molar refractivity (Wildman–Crippen MR) is 81.7 cm³/mol. The topological polar surface area (TPSA) is 46.5 Å². The molecule has 0 aromatic rings. The fraction of sp³-hybridized carbons (Fsp3) is 0.588.